The highest BCUT2D eigenvalue weighted by Gasteiger charge is 2.49. The minimum Gasteiger partial charge on any atom is -0.497 e. The van der Waals surface area contributed by atoms with Gasteiger partial charge in [0.1, 0.15) is 11.4 Å². The van der Waals surface area contributed by atoms with Crippen LogP contribution in [0.1, 0.15) is 22.5 Å². The van der Waals surface area contributed by atoms with Crippen molar-refractivity contribution in [1.29, 1.82) is 0 Å². The molecule has 0 aliphatic carbocycles. The number of aryl methyl sites for hydroxylation is 1. The third-order valence-electron chi connectivity index (χ3n) is 5.87. The molecule has 1 saturated heterocycles. The molecule has 1 aromatic heterocycles. The number of hydrogen-bond donors (Lipinski definition) is 0. The van der Waals surface area contributed by atoms with E-state index in [0.717, 1.165) is 16.9 Å². The molecule has 2 aromatic rings. The molecule has 158 valence electrons. The normalized spacial score (nSPS) is 21.3. The van der Waals surface area contributed by atoms with Gasteiger partial charge in [0.05, 0.1) is 13.2 Å². The Morgan fingerprint density at radius 3 is 2.53 bits per heavy atom. The Labute approximate surface area is 175 Å². The molecule has 0 spiro atoms. The third kappa shape index (κ3) is 3.59. The molecule has 1 fully saturated rings. The van der Waals surface area contributed by atoms with Gasteiger partial charge in [0.15, 0.2) is 6.10 Å². The molecule has 0 unspecified atom stereocenters. The monoisotopic (exact) mass is 410 g/mol. The van der Waals surface area contributed by atoms with Gasteiger partial charge in [-0.15, -0.1) is 0 Å². The lowest BCUT2D eigenvalue weighted by Crippen LogP contribution is -2.66. The minimum atomic E-state index is -0.464. The first-order valence-corrected chi connectivity index (χ1v) is 9.96. The maximum atomic E-state index is 12.7. The fourth-order valence-electron chi connectivity index (χ4n) is 4.13. The van der Waals surface area contributed by atoms with Crippen molar-refractivity contribution in [3.8, 4) is 5.75 Å². The summed E-state index contributed by atoms with van der Waals surface area (Å²) in [7, 11) is 4.96. The lowest BCUT2D eigenvalue weighted by atomic mass is 9.86. The highest BCUT2D eigenvalue weighted by molar-refractivity contribution is 5.93. The standard InChI is InChI=1S/C22H26N4O4/c1-24-18(8-11-23-24)21(27)25-12-9-16(10-13-25)19-20(30-3)22(28)26(19)14-15-4-6-17(29-2)7-5-15/h4-9,11,19-20H,10,12-14H2,1-3H3/t19-,20+/m0/s1. The van der Waals surface area contributed by atoms with E-state index in [0.29, 0.717) is 31.7 Å². The van der Waals surface area contributed by atoms with Crippen LogP contribution in [0, 0.1) is 0 Å². The number of carbonyl (C=O) groups excluding carboxylic acids is 2. The molecule has 3 heterocycles. The first kappa shape index (κ1) is 20.2. The zero-order valence-electron chi connectivity index (χ0n) is 17.4. The molecule has 0 N–H and O–H groups in total. The van der Waals surface area contributed by atoms with Gasteiger partial charge in [-0.1, -0.05) is 18.2 Å². The topological polar surface area (TPSA) is 76.9 Å². The molecule has 8 nitrogen and oxygen atoms in total. The lowest BCUT2D eigenvalue weighted by molar-refractivity contribution is -0.168. The number of nitrogens with zero attached hydrogens (tertiary/aromatic N) is 4. The Hall–Kier alpha value is -3.13. The van der Waals surface area contributed by atoms with E-state index in [-0.39, 0.29) is 17.9 Å². The number of aromatic nitrogens is 2. The van der Waals surface area contributed by atoms with Crippen molar-refractivity contribution in [3.63, 3.8) is 0 Å². The largest absolute Gasteiger partial charge is 0.497 e. The van der Waals surface area contributed by atoms with Crippen molar-refractivity contribution in [2.24, 2.45) is 7.05 Å². The summed E-state index contributed by atoms with van der Waals surface area (Å²) in [5.41, 5.74) is 2.75. The summed E-state index contributed by atoms with van der Waals surface area (Å²) < 4.78 is 12.3. The van der Waals surface area contributed by atoms with Crippen LogP contribution in [0.3, 0.4) is 0 Å². The Morgan fingerprint density at radius 1 is 1.20 bits per heavy atom. The summed E-state index contributed by atoms with van der Waals surface area (Å²) in [6.07, 6.45) is 3.93. The second-order valence-electron chi connectivity index (χ2n) is 7.54. The number of rotatable bonds is 6. The van der Waals surface area contributed by atoms with E-state index in [1.165, 1.54) is 0 Å². The second kappa shape index (κ2) is 8.31. The quantitative estimate of drug-likeness (QED) is 0.534. The Morgan fingerprint density at radius 2 is 1.97 bits per heavy atom. The Bertz CT molecular complexity index is 966. The zero-order valence-corrected chi connectivity index (χ0v) is 17.4. The van der Waals surface area contributed by atoms with Crippen LogP contribution in [0.2, 0.25) is 0 Å². The SMILES string of the molecule is COc1ccc(CN2C(=O)[C@H](OC)[C@@H]2C2=CCN(C(=O)c3ccnn3C)CC2)cc1. The maximum Gasteiger partial charge on any atom is 0.272 e. The summed E-state index contributed by atoms with van der Waals surface area (Å²) in [4.78, 5) is 29.0. The van der Waals surface area contributed by atoms with Gasteiger partial charge in [0.25, 0.3) is 11.8 Å². The Balaban J connectivity index is 1.46. The van der Waals surface area contributed by atoms with E-state index in [1.54, 1.807) is 43.1 Å². The highest BCUT2D eigenvalue weighted by Crippen LogP contribution is 2.33. The molecule has 8 heteroatoms. The highest BCUT2D eigenvalue weighted by atomic mass is 16.5. The molecule has 2 aliphatic rings. The lowest BCUT2D eigenvalue weighted by Gasteiger charge is -2.48. The fraction of sp³-hybridized carbons (Fsp3) is 0.409. The zero-order chi connectivity index (χ0) is 21.3. The van der Waals surface area contributed by atoms with Crippen LogP contribution < -0.4 is 4.74 Å². The maximum absolute atomic E-state index is 12.7. The first-order valence-electron chi connectivity index (χ1n) is 9.96. The number of β-lactam (4-membered cyclic amide) rings is 1. The van der Waals surface area contributed by atoms with Crippen LogP contribution in [0.15, 0.2) is 48.2 Å². The molecule has 2 atom stereocenters. The van der Waals surface area contributed by atoms with Gasteiger partial charge in [-0.05, 0) is 35.8 Å². The molecule has 0 radical (unpaired) electrons. The average Bonchev–Trinajstić information content (AvgIpc) is 3.21. The van der Waals surface area contributed by atoms with Gasteiger partial charge >= 0.3 is 0 Å². The predicted molar refractivity (Wildman–Crippen MR) is 110 cm³/mol. The third-order valence-corrected chi connectivity index (χ3v) is 5.87. The van der Waals surface area contributed by atoms with Crippen LogP contribution in [-0.4, -0.2) is 70.8 Å². The van der Waals surface area contributed by atoms with Crippen molar-refractivity contribution < 1.29 is 19.1 Å². The summed E-state index contributed by atoms with van der Waals surface area (Å²) in [6.45, 7) is 1.63. The number of likely N-dealkylation sites (tertiary alicyclic amines) is 1. The van der Waals surface area contributed by atoms with Gasteiger partial charge in [-0.2, -0.15) is 5.10 Å². The predicted octanol–water partition coefficient (Wildman–Crippen LogP) is 1.63. The molecule has 2 aliphatic heterocycles. The van der Waals surface area contributed by atoms with Crippen molar-refractivity contribution in [1.82, 2.24) is 19.6 Å². The molecule has 0 saturated carbocycles. The molecule has 2 amide bonds. The second-order valence-corrected chi connectivity index (χ2v) is 7.54. The van der Waals surface area contributed by atoms with Crippen molar-refractivity contribution in [3.05, 3.63) is 59.4 Å². The smallest absolute Gasteiger partial charge is 0.272 e. The minimum absolute atomic E-state index is 0.00684. The first-order chi connectivity index (χ1) is 14.5. The number of benzene rings is 1. The van der Waals surface area contributed by atoms with Gasteiger partial charge < -0.3 is 19.3 Å². The van der Waals surface area contributed by atoms with E-state index in [9.17, 15) is 9.59 Å². The summed E-state index contributed by atoms with van der Waals surface area (Å²) >= 11 is 0. The van der Waals surface area contributed by atoms with Crippen LogP contribution in [0.25, 0.3) is 0 Å². The Kier molecular flexibility index (Phi) is 5.59. The van der Waals surface area contributed by atoms with E-state index in [2.05, 4.69) is 11.2 Å². The molecule has 0 bridgehead atoms. The number of ether oxygens (including phenoxy) is 2. The number of carbonyl (C=O) groups is 2. The molecule has 30 heavy (non-hydrogen) atoms. The van der Waals surface area contributed by atoms with Crippen molar-refractivity contribution in [2.45, 2.75) is 25.1 Å². The van der Waals surface area contributed by atoms with Gasteiger partial charge in [0, 0.05) is 40.0 Å². The number of methoxy groups -OCH3 is 2. The van der Waals surface area contributed by atoms with Crippen LogP contribution in [0.5, 0.6) is 5.75 Å². The van der Waals surface area contributed by atoms with Crippen molar-refractivity contribution >= 4 is 11.8 Å². The number of amides is 2. The van der Waals surface area contributed by atoms with E-state index in [4.69, 9.17) is 9.47 Å². The number of hydrogen-bond acceptors (Lipinski definition) is 5. The average molecular weight is 410 g/mol. The molecule has 4 rings (SSSR count). The van der Waals surface area contributed by atoms with E-state index >= 15 is 0 Å². The van der Waals surface area contributed by atoms with Crippen LogP contribution >= 0.6 is 0 Å². The van der Waals surface area contributed by atoms with Crippen LogP contribution in [-0.2, 0) is 23.1 Å². The molecule has 1 aromatic carbocycles. The van der Waals surface area contributed by atoms with Crippen LogP contribution in [0.4, 0.5) is 0 Å². The summed E-state index contributed by atoms with van der Waals surface area (Å²) in [6, 6.07) is 9.34. The summed E-state index contributed by atoms with van der Waals surface area (Å²) in [5, 5.41) is 4.07. The fourth-order valence-corrected chi connectivity index (χ4v) is 4.13. The molecular weight excluding hydrogens is 384 g/mol. The van der Waals surface area contributed by atoms with Gasteiger partial charge in [0.2, 0.25) is 0 Å². The summed E-state index contributed by atoms with van der Waals surface area (Å²) in [5.74, 6) is 0.745. The molecular formula is C22H26N4O4. The van der Waals surface area contributed by atoms with E-state index in [1.807, 2.05) is 29.2 Å². The van der Waals surface area contributed by atoms with Gasteiger partial charge in [-0.25, -0.2) is 0 Å². The van der Waals surface area contributed by atoms with Gasteiger partial charge in [-0.3, -0.25) is 14.3 Å². The van der Waals surface area contributed by atoms with Crippen molar-refractivity contribution in [2.75, 3.05) is 27.3 Å². The van der Waals surface area contributed by atoms with E-state index < -0.39 is 6.10 Å².